The fourth-order valence-corrected chi connectivity index (χ4v) is 4.19. The normalized spacial score (nSPS) is 14.9. The van der Waals surface area contributed by atoms with Gasteiger partial charge in [-0.05, 0) is 60.4 Å². The lowest BCUT2D eigenvalue weighted by Crippen LogP contribution is -2.47. The van der Waals surface area contributed by atoms with Crippen molar-refractivity contribution in [1.82, 2.24) is 10.2 Å². The van der Waals surface area contributed by atoms with E-state index in [1.165, 1.54) is 11.1 Å². The number of nitrogens with one attached hydrogen (secondary N) is 1. The first-order chi connectivity index (χ1) is 15.5. The monoisotopic (exact) mass is 450 g/mol. The van der Waals surface area contributed by atoms with E-state index in [1.54, 1.807) is 0 Å². The first-order valence-corrected chi connectivity index (χ1v) is 12.0. The Balaban J connectivity index is 1.48. The minimum Gasteiger partial charge on any atom is -0.483 e. The average molecular weight is 451 g/mol. The van der Waals surface area contributed by atoms with Gasteiger partial charge < -0.3 is 15.0 Å². The number of ether oxygens (including phenoxy) is 1. The number of carbonyl (C=O) groups excluding carboxylic acids is 2. The van der Waals surface area contributed by atoms with Crippen LogP contribution in [0.1, 0.15) is 80.4 Å². The van der Waals surface area contributed by atoms with Crippen molar-refractivity contribution < 1.29 is 14.3 Å². The molecule has 0 atom stereocenters. The number of nitrogens with zero attached hydrogens (tertiary/aromatic N) is 1. The van der Waals surface area contributed by atoms with Gasteiger partial charge in [-0.1, -0.05) is 64.4 Å². The molecule has 1 heterocycles. The van der Waals surface area contributed by atoms with Gasteiger partial charge in [0.05, 0.1) is 0 Å². The highest BCUT2D eigenvalue weighted by atomic mass is 16.5. The summed E-state index contributed by atoms with van der Waals surface area (Å²) in [5.41, 5.74) is 4.17. The lowest BCUT2D eigenvalue weighted by Gasteiger charge is -2.32. The van der Waals surface area contributed by atoms with Gasteiger partial charge in [-0.3, -0.25) is 9.59 Å². The van der Waals surface area contributed by atoms with Crippen molar-refractivity contribution in [3.8, 4) is 5.75 Å². The van der Waals surface area contributed by atoms with Crippen molar-refractivity contribution in [2.24, 2.45) is 0 Å². The number of benzene rings is 2. The second-order valence-electron chi connectivity index (χ2n) is 10.4. The van der Waals surface area contributed by atoms with Crippen molar-refractivity contribution >= 4 is 11.8 Å². The standard InChI is InChI=1S/C28H38N2O3/c1-19(2)21-8-10-22(11-9-21)27(32)30-15-13-23(14-16-30)29-26(31)18-33-25-12-7-20(3)17-24(25)28(4,5)6/h7-12,17,19,23H,13-16,18H2,1-6H3,(H,29,31). The molecule has 0 aliphatic carbocycles. The Hall–Kier alpha value is -2.82. The number of hydrogen-bond donors (Lipinski definition) is 1. The Kier molecular flexibility index (Phi) is 7.83. The Labute approximate surface area is 198 Å². The Bertz CT molecular complexity index is 966. The van der Waals surface area contributed by atoms with E-state index in [0.717, 1.165) is 29.7 Å². The lowest BCUT2D eigenvalue weighted by molar-refractivity contribution is -0.124. The highest BCUT2D eigenvalue weighted by Gasteiger charge is 2.25. The maximum atomic E-state index is 12.8. The quantitative estimate of drug-likeness (QED) is 0.657. The third-order valence-corrected chi connectivity index (χ3v) is 6.27. The van der Waals surface area contributed by atoms with Gasteiger partial charge in [-0.15, -0.1) is 0 Å². The number of hydrogen-bond acceptors (Lipinski definition) is 3. The van der Waals surface area contributed by atoms with Gasteiger partial charge in [-0.2, -0.15) is 0 Å². The van der Waals surface area contributed by atoms with Crippen LogP contribution < -0.4 is 10.1 Å². The summed E-state index contributed by atoms with van der Waals surface area (Å²) in [5, 5.41) is 3.08. The van der Waals surface area contributed by atoms with E-state index in [1.807, 2.05) is 41.3 Å². The van der Waals surface area contributed by atoms with Crippen molar-refractivity contribution in [3.63, 3.8) is 0 Å². The molecule has 5 nitrogen and oxygen atoms in total. The second-order valence-corrected chi connectivity index (χ2v) is 10.4. The van der Waals surface area contributed by atoms with Crippen LogP contribution in [0.15, 0.2) is 42.5 Å². The summed E-state index contributed by atoms with van der Waals surface area (Å²) in [6, 6.07) is 14.0. The molecular weight excluding hydrogens is 412 g/mol. The third kappa shape index (κ3) is 6.59. The number of amides is 2. The van der Waals surface area contributed by atoms with Crippen LogP contribution >= 0.6 is 0 Å². The van der Waals surface area contributed by atoms with Gasteiger partial charge in [0.25, 0.3) is 11.8 Å². The van der Waals surface area contributed by atoms with E-state index in [0.29, 0.717) is 19.0 Å². The topological polar surface area (TPSA) is 58.6 Å². The van der Waals surface area contributed by atoms with Crippen LogP contribution in [0.5, 0.6) is 5.75 Å². The summed E-state index contributed by atoms with van der Waals surface area (Å²) in [4.78, 5) is 27.2. The molecule has 2 amide bonds. The zero-order valence-electron chi connectivity index (χ0n) is 20.9. The highest BCUT2D eigenvalue weighted by Crippen LogP contribution is 2.32. The Morgan fingerprint density at radius 1 is 1.06 bits per heavy atom. The molecule has 0 radical (unpaired) electrons. The van der Waals surface area contributed by atoms with Crippen LogP contribution in [0.3, 0.4) is 0 Å². The molecule has 3 rings (SSSR count). The summed E-state index contributed by atoms with van der Waals surface area (Å²) < 4.78 is 5.89. The molecule has 1 saturated heterocycles. The maximum absolute atomic E-state index is 12.8. The van der Waals surface area contributed by atoms with Crippen molar-refractivity contribution in [3.05, 3.63) is 64.7 Å². The summed E-state index contributed by atoms with van der Waals surface area (Å²) >= 11 is 0. The molecule has 0 bridgehead atoms. The Morgan fingerprint density at radius 3 is 2.27 bits per heavy atom. The first kappa shape index (κ1) is 24.8. The second kappa shape index (κ2) is 10.4. The summed E-state index contributed by atoms with van der Waals surface area (Å²) in [5.74, 6) is 1.15. The van der Waals surface area contributed by atoms with E-state index in [2.05, 4.69) is 52.9 Å². The molecule has 1 fully saturated rings. The van der Waals surface area contributed by atoms with Crippen LogP contribution in [0.25, 0.3) is 0 Å². The predicted molar refractivity (Wildman–Crippen MR) is 133 cm³/mol. The molecule has 5 heteroatoms. The van der Waals surface area contributed by atoms with E-state index in [-0.39, 0.29) is 29.9 Å². The van der Waals surface area contributed by atoms with Gasteiger partial charge >= 0.3 is 0 Å². The zero-order valence-corrected chi connectivity index (χ0v) is 20.9. The van der Waals surface area contributed by atoms with Crippen molar-refractivity contribution in [2.45, 2.75) is 71.8 Å². The van der Waals surface area contributed by atoms with Gasteiger partial charge in [-0.25, -0.2) is 0 Å². The van der Waals surface area contributed by atoms with E-state index in [4.69, 9.17) is 4.74 Å². The van der Waals surface area contributed by atoms with E-state index >= 15 is 0 Å². The van der Waals surface area contributed by atoms with Gasteiger partial charge in [0, 0.05) is 24.7 Å². The largest absolute Gasteiger partial charge is 0.483 e. The molecule has 0 saturated carbocycles. The lowest BCUT2D eigenvalue weighted by atomic mass is 9.85. The summed E-state index contributed by atoms with van der Waals surface area (Å²) in [7, 11) is 0. The number of carbonyl (C=O) groups is 2. The minimum atomic E-state index is -0.121. The molecule has 1 aliphatic rings. The minimum absolute atomic E-state index is 0.00646. The first-order valence-electron chi connectivity index (χ1n) is 12.0. The van der Waals surface area contributed by atoms with Gasteiger partial charge in [0.1, 0.15) is 5.75 Å². The average Bonchev–Trinajstić information content (AvgIpc) is 2.77. The van der Waals surface area contributed by atoms with Crippen molar-refractivity contribution in [2.75, 3.05) is 19.7 Å². The molecule has 0 unspecified atom stereocenters. The van der Waals surface area contributed by atoms with E-state index < -0.39 is 0 Å². The fraction of sp³-hybridized carbons (Fsp3) is 0.500. The van der Waals surface area contributed by atoms with Crippen LogP contribution in [-0.2, 0) is 10.2 Å². The van der Waals surface area contributed by atoms with Crippen LogP contribution in [0.4, 0.5) is 0 Å². The number of piperidine rings is 1. The highest BCUT2D eigenvalue weighted by molar-refractivity contribution is 5.94. The molecule has 1 N–H and O–H groups in total. The van der Waals surface area contributed by atoms with Crippen LogP contribution in [0.2, 0.25) is 0 Å². The van der Waals surface area contributed by atoms with Crippen molar-refractivity contribution in [1.29, 1.82) is 0 Å². The fourth-order valence-electron chi connectivity index (χ4n) is 4.19. The molecule has 1 aliphatic heterocycles. The molecule has 178 valence electrons. The van der Waals surface area contributed by atoms with E-state index in [9.17, 15) is 9.59 Å². The van der Waals surface area contributed by atoms with Crippen LogP contribution in [0, 0.1) is 6.92 Å². The zero-order chi connectivity index (χ0) is 24.2. The molecule has 0 aromatic heterocycles. The molecule has 33 heavy (non-hydrogen) atoms. The number of likely N-dealkylation sites (tertiary alicyclic amines) is 1. The Morgan fingerprint density at radius 2 is 1.70 bits per heavy atom. The predicted octanol–water partition coefficient (Wildman–Crippen LogP) is 5.22. The third-order valence-electron chi connectivity index (χ3n) is 6.27. The number of aryl methyl sites for hydroxylation is 1. The maximum Gasteiger partial charge on any atom is 0.258 e. The molecular formula is C28H38N2O3. The summed E-state index contributed by atoms with van der Waals surface area (Å²) in [6.45, 7) is 14.0. The molecule has 2 aromatic rings. The SMILES string of the molecule is Cc1ccc(OCC(=O)NC2CCN(C(=O)c3ccc(C(C)C)cc3)CC2)c(C(C)(C)C)c1. The molecule has 2 aromatic carbocycles. The number of rotatable bonds is 6. The summed E-state index contributed by atoms with van der Waals surface area (Å²) in [6.07, 6.45) is 1.50. The van der Waals surface area contributed by atoms with Crippen LogP contribution in [-0.4, -0.2) is 42.5 Å². The van der Waals surface area contributed by atoms with Gasteiger partial charge in [0.15, 0.2) is 6.61 Å². The van der Waals surface area contributed by atoms with Gasteiger partial charge in [0.2, 0.25) is 0 Å². The molecule has 0 spiro atoms. The smallest absolute Gasteiger partial charge is 0.258 e.